The standard InChI is InChI=1S/C23H19F2N3O4/c1-12-7-16(13(2)27-18-6-4-3-5-15(18)22(30)31)21-17(8-12)19(29)9-20(32-21)14-10-26-28(11-14)23(24)25/h3-11,13,23,27H,1-2H3,(H,30,31). The molecule has 4 aromatic rings. The quantitative estimate of drug-likeness (QED) is 0.427. The van der Waals surface area contributed by atoms with E-state index < -0.39 is 18.6 Å². The molecular weight excluding hydrogens is 420 g/mol. The van der Waals surface area contributed by atoms with Gasteiger partial charge in [-0.3, -0.25) is 4.79 Å². The highest BCUT2D eigenvalue weighted by atomic mass is 19.3. The summed E-state index contributed by atoms with van der Waals surface area (Å²) in [6.45, 7) is 0.836. The summed E-state index contributed by atoms with van der Waals surface area (Å²) in [5.41, 5.74) is 2.17. The fourth-order valence-corrected chi connectivity index (χ4v) is 3.58. The lowest BCUT2D eigenvalue weighted by molar-refractivity contribution is 0.0566. The number of para-hydroxylation sites is 1. The summed E-state index contributed by atoms with van der Waals surface area (Å²) in [6, 6.07) is 10.8. The number of alkyl halides is 2. The van der Waals surface area contributed by atoms with E-state index in [1.807, 2.05) is 19.9 Å². The number of hydrogen-bond donors (Lipinski definition) is 2. The first kappa shape index (κ1) is 21.2. The Labute approximate surface area is 180 Å². The molecule has 2 aromatic heterocycles. The van der Waals surface area contributed by atoms with Crippen LogP contribution in [-0.2, 0) is 0 Å². The molecule has 0 bridgehead atoms. The van der Waals surface area contributed by atoms with E-state index >= 15 is 0 Å². The second kappa shape index (κ2) is 8.26. The Morgan fingerprint density at radius 1 is 1.22 bits per heavy atom. The molecule has 2 N–H and O–H groups in total. The van der Waals surface area contributed by atoms with Crippen molar-refractivity contribution in [3.05, 3.63) is 81.8 Å². The average molecular weight is 439 g/mol. The summed E-state index contributed by atoms with van der Waals surface area (Å²) in [7, 11) is 0. The number of fused-ring (bicyclic) bond motifs is 1. The fourth-order valence-electron chi connectivity index (χ4n) is 3.58. The molecular formula is C23H19F2N3O4. The first-order chi connectivity index (χ1) is 15.2. The number of rotatable bonds is 6. The first-order valence-corrected chi connectivity index (χ1v) is 9.74. The lowest BCUT2D eigenvalue weighted by Crippen LogP contribution is -2.12. The highest BCUT2D eigenvalue weighted by Crippen LogP contribution is 2.31. The van der Waals surface area contributed by atoms with E-state index in [1.165, 1.54) is 18.3 Å². The van der Waals surface area contributed by atoms with Gasteiger partial charge in [0.15, 0.2) is 5.43 Å². The molecule has 9 heteroatoms. The molecule has 0 aliphatic rings. The minimum Gasteiger partial charge on any atom is -0.478 e. The van der Waals surface area contributed by atoms with Crippen molar-refractivity contribution in [1.29, 1.82) is 0 Å². The monoisotopic (exact) mass is 439 g/mol. The fraction of sp³-hybridized carbons (Fsp3) is 0.174. The van der Waals surface area contributed by atoms with Gasteiger partial charge >= 0.3 is 12.5 Å². The van der Waals surface area contributed by atoms with Crippen molar-refractivity contribution in [2.45, 2.75) is 26.4 Å². The molecule has 0 saturated carbocycles. The molecule has 0 saturated heterocycles. The lowest BCUT2D eigenvalue weighted by Gasteiger charge is -2.19. The Kier molecular flexibility index (Phi) is 5.48. The molecule has 0 radical (unpaired) electrons. The second-order valence-electron chi connectivity index (χ2n) is 7.41. The largest absolute Gasteiger partial charge is 0.478 e. The molecule has 0 amide bonds. The summed E-state index contributed by atoms with van der Waals surface area (Å²) in [4.78, 5) is 24.4. The number of carboxylic acid groups (broad SMARTS) is 1. The molecule has 0 spiro atoms. The van der Waals surface area contributed by atoms with Crippen molar-refractivity contribution >= 4 is 22.6 Å². The van der Waals surface area contributed by atoms with E-state index in [9.17, 15) is 23.5 Å². The Balaban J connectivity index is 1.82. The van der Waals surface area contributed by atoms with Gasteiger partial charge in [0.25, 0.3) is 0 Å². The number of carbonyl (C=O) groups is 1. The Bertz CT molecular complexity index is 1380. The van der Waals surface area contributed by atoms with E-state index in [4.69, 9.17) is 4.42 Å². The molecule has 0 aliphatic carbocycles. The molecule has 2 aromatic carbocycles. The number of carboxylic acids is 1. The van der Waals surface area contributed by atoms with Crippen molar-refractivity contribution in [1.82, 2.24) is 9.78 Å². The van der Waals surface area contributed by atoms with Crippen LogP contribution in [0.15, 0.2) is 64.1 Å². The highest BCUT2D eigenvalue weighted by Gasteiger charge is 2.19. The van der Waals surface area contributed by atoms with Gasteiger partial charge in [-0.15, -0.1) is 0 Å². The molecule has 164 valence electrons. The Morgan fingerprint density at radius 3 is 2.66 bits per heavy atom. The zero-order chi connectivity index (χ0) is 23.0. The van der Waals surface area contributed by atoms with Crippen molar-refractivity contribution < 1.29 is 23.1 Å². The molecule has 4 rings (SSSR count). The van der Waals surface area contributed by atoms with Gasteiger partial charge in [-0.25, -0.2) is 9.48 Å². The van der Waals surface area contributed by atoms with Gasteiger partial charge < -0.3 is 14.8 Å². The maximum atomic E-state index is 12.9. The van der Waals surface area contributed by atoms with E-state index in [-0.39, 0.29) is 27.9 Å². The molecule has 2 heterocycles. The maximum absolute atomic E-state index is 12.9. The van der Waals surface area contributed by atoms with E-state index in [0.29, 0.717) is 21.3 Å². The molecule has 1 unspecified atom stereocenters. The molecule has 0 fully saturated rings. The Morgan fingerprint density at radius 2 is 1.97 bits per heavy atom. The molecule has 0 aliphatic heterocycles. The highest BCUT2D eigenvalue weighted by molar-refractivity contribution is 5.94. The summed E-state index contributed by atoms with van der Waals surface area (Å²) in [5.74, 6) is -0.961. The van der Waals surface area contributed by atoms with Crippen molar-refractivity contribution in [3.8, 4) is 11.3 Å². The SMILES string of the molecule is Cc1cc(C(C)Nc2ccccc2C(=O)O)c2oc(-c3cnn(C(F)F)c3)cc(=O)c2c1. The minimum absolute atomic E-state index is 0.109. The zero-order valence-electron chi connectivity index (χ0n) is 17.2. The van der Waals surface area contributed by atoms with Crippen molar-refractivity contribution in [2.75, 3.05) is 5.32 Å². The topological polar surface area (TPSA) is 97.4 Å². The van der Waals surface area contributed by atoms with Gasteiger partial charge in [0.1, 0.15) is 11.3 Å². The third-order valence-corrected chi connectivity index (χ3v) is 5.08. The van der Waals surface area contributed by atoms with Crippen molar-refractivity contribution in [2.24, 2.45) is 0 Å². The first-order valence-electron chi connectivity index (χ1n) is 9.74. The van der Waals surface area contributed by atoms with Crippen LogP contribution in [0.2, 0.25) is 0 Å². The number of anilines is 1. The van der Waals surface area contributed by atoms with Gasteiger partial charge in [-0.05, 0) is 37.6 Å². The van der Waals surface area contributed by atoms with Gasteiger partial charge in [0.2, 0.25) is 0 Å². The van der Waals surface area contributed by atoms with Gasteiger partial charge in [-0.1, -0.05) is 18.2 Å². The number of halogens is 2. The average Bonchev–Trinajstić information content (AvgIpc) is 3.24. The van der Waals surface area contributed by atoms with Gasteiger partial charge in [0.05, 0.1) is 28.8 Å². The minimum atomic E-state index is -2.81. The van der Waals surface area contributed by atoms with E-state index in [1.54, 1.807) is 24.3 Å². The van der Waals surface area contributed by atoms with Crippen LogP contribution in [0.1, 0.15) is 41.0 Å². The lowest BCUT2D eigenvalue weighted by atomic mass is 10.0. The maximum Gasteiger partial charge on any atom is 0.337 e. The van der Waals surface area contributed by atoms with Crippen LogP contribution in [0.3, 0.4) is 0 Å². The molecule has 32 heavy (non-hydrogen) atoms. The molecule has 1 atom stereocenters. The third-order valence-electron chi connectivity index (χ3n) is 5.08. The van der Waals surface area contributed by atoms with Crippen molar-refractivity contribution in [3.63, 3.8) is 0 Å². The van der Waals surface area contributed by atoms with E-state index in [0.717, 1.165) is 11.8 Å². The van der Waals surface area contributed by atoms with Crippen LogP contribution < -0.4 is 10.7 Å². The second-order valence-corrected chi connectivity index (χ2v) is 7.41. The Hall–Kier alpha value is -4.01. The number of aromatic carboxylic acids is 1. The number of aryl methyl sites for hydroxylation is 1. The number of nitrogens with one attached hydrogen (secondary N) is 1. The number of hydrogen-bond acceptors (Lipinski definition) is 5. The predicted molar refractivity (Wildman–Crippen MR) is 115 cm³/mol. The van der Waals surface area contributed by atoms with Crippen LogP contribution in [0.25, 0.3) is 22.3 Å². The van der Waals surface area contributed by atoms with Crippen LogP contribution in [0, 0.1) is 6.92 Å². The van der Waals surface area contributed by atoms with Gasteiger partial charge in [0, 0.05) is 23.5 Å². The number of aromatic nitrogens is 2. The predicted octanol–water partition coefficient (Wildman–Crippen LogP) is 5.23. The van der Waals surface area contributed by atoms with Crippen LogP contribution in [-0.4, -0.2) is 20.9 Å². The number of nitrogens with zero attached hydrogens (tertiary/aromatic N) is 2. The smallest absolute Gasteiger partial charge is 0.337 e. The normalized spacial score (nSPS) is 12.3. The summed E-state index contributed by atoms with van der Waals surface area (Å²) in [5, 5.41) is 16.5. The summed E-state index contributed by atoms with van der Waals surface area (Å²) in [6.07, 6.45) is 2.31. The van der Waals surface area contributed by atoms with Crippen LogP contribution in [0.4, 0.5) is 14.5 Å². The zero-order valence-corrected chi connectivity index (χ0v) is 17.2. The van der Waals surface area contributed by atoms with Crippen LogP contribution in [0.5, 0.6) is 0 Å². The van der Waals surface area contributed by atoms with Gasteiger partial charge in [-0.2, -0.15) is 13.9 Å². The third kappa shape index (κ3) is 3.96. The van der Waals surface area contributed by atoms with Crippen LogP contribution >= 0.6 is 0 Å². The molecule has 7 nitrogen and oxygen atoms in total. The summed E-state index contributed by atoms with van der Waals surface area (Å²) >= 11 is 0. The summed E-state index contributed by atoms with van der Waals surface area (Å²) < 4.78 is 32.3. The van der Waals surface area contributed by atoms with E-state index in [2.05, 4.69) is 10.4 Å². The number of benzene rings is 2.